The number of nitrogens with zero attached hydrogens (tertiary/aromatic N) is 2. The van der Waals surface area contributed by atoms with E-state index in [1.807, 2.05) is 52.9 Å². The maximum atomic E-state index is 13.8. The number of carbonyl (C=O) groups is 1. The number of carbonyl (C=O) groups excluding carboxylic acids is 1. The van der Waals surface area contributed by atoms with Crippen LogP contribution < -0.4 is 19.6 Å². The molecule has 3 heterocycles. The van der Waals surface area contributed by atoms with E-state index >= 15 is 0 Å². The van der Waals surface area contributed by atoms with E-state index in [0.717, 1.165) is 10.0 Å². The average molecular weight is 721 g/mol. The summed E-state index contributed by atoms with van der Waals surface area (Å²) in [6, 6.07) is 13.8. The number of thiazole rings is 1. The number of aromatic hydroxyl groups is 1. The van der Waals surface area contributed by atoms with Gasteiger partial charge in [-0.2, -0.15) is 0 Å². The molecule has 8 nitrogen and oxygen atoms in total. The van der Waals surface area contributed by atoms with Gasteiger partial charge in [0.15, 0.2) is 16.3 Å². The highest BCUT2D eigenvalue weighted by atomic mass is 127. The van der Waals surface area contributed by atoms with Gasteiger partial charge >= 0.3 is 5.97 Å². The summed E-state index contributed by atoms with van der Waals surface area (Å²) in [5.74, 6) is 0.792. The van der Waals surface area contributed by atoms with Gasteiger partial charge in [0.2, 0.25) is 0 Å². The number of methoxy groups -OCH3 is 1. The Labute approximate surface area is 249 Å². The van der Waals surface area contributed by atoms with Crippen molar-refractivity contribution in [3.8, 4) is 22.8 Å². The molecule has 0 unspecified atom stereocenters. The van der Waals surface area contributed by atoms with E-state index in [1.165, 1.54) is 23.0 Å². The largest absolute Gasteiger partial charge is 0.504 e. The smallest absolute Gasteiger partial charge is 0.338 e. The number of aromatic nitrogens is 1. The molecule has 0 fully saturated rings. The van der Waals surface area contributed by atoms with Crippen LogP contribution in [0.5, 0.6) is 11.5 Å². The van der Waals surface area contributed by atoms with E-state index in [1.54, 1.807) is 38.1 Å². The van der Waals surface area contributed by atoms with E-state index in [9.17, 15) is 14.7 Å². The lowest BCUT2D eigenvalue weighted by atomic mass is 10.0. The SMILES string of the molecule is CCOC(=O)C1=C(C)N=c2s/c(=C\c3cc(I)c(O)c(OC)c3)c(=O)n2[C@@H]1c1ccc(-c2ccc(Br)cc2)o1. The molecule has 0 saturated heterocycles. The van der Waals surface area contributed by atoms with Crippen molar-refractivity contribution in [1.82, 2.24) is 4.57 Å². The van der Waals surface area contributed by atoms with E-state index in [4.69, 9.17) is 13.9 Å². The molecular formula is C28H22BrIN2O6S. The highest BCUT2D eigenvalue weighted by Gasteiger charge is 2.35. The second-order valence-electron chi connectivity index (χ2n) is 8.56. The van der Waals surface area contributed by atoms with Crippen LogP contribution in [0.15, 0.2) is 78.5 Å². The molecule has 2 aromatic heterocycles. The quantitative estimate of drug-likeness (QED) is 0.219. The maximum Gasteiger partial charge on any atom is 0.338 e. The van der Waals surface area contributed by atoms with Gasteiger partial charge in [0.25, 0.3) is 5.56 Å². The predicted molar refractivity (Wildman–Crippen MR) is 160 cm³/mol. The van der Waals surface area contributed by atoms with Crippen LogP contribution in [0.1, 0.15) is 31.2 Å². The van der Waals surface area contributed by atoms with Crippen molar-refractivity contribution in [2.24, 2.45) is 4.99 Å². The van der Waals surface area contributed by atoms with Gasteiger partial charge in [-0.3, -0.25) is 9.36 Å². The topological polar surface area (TPSA) is 103 Å². The zero-order valence-corrected chi connectivity index (χ0v) is 25.6. The first-order chi connectivity index (χ1) is 18.7. The lowest BCUT2D eigenvalue weighted by molar-refractivity contribution is -0.139. The Hall–Kier alpha value is -3.16. The monoisotopic (exact) mass is 720 g/mol. The Morgan fingerprint density at radius 3 is 2.69 bits per heavy atom. The molecule has 11 heteroatoms. The maximum absolute atomic E-state index is 13.8. The first-order valence-electron chi connectivity index (χ1n) is 11.8. The molecule has 5 rings (SSSR count). The number of phenols is 1. The second kappa shape index (κ2) is 11.1. The molecule has 200 valence electrons. The van der Waals surface area contributed by atoms with Crippen LogP contribution in [-0.2, 0) is 9.53 Å². The molecule has 0 radical (unpaired) electrons. The summed E-state index contributed by atoms with van der Waals surface area (Å²) in [6.45, 7) is 3.63. The van der Waals surface area contributed by atoms with Crippen LogP contribution in [0.3, 0.4) is 0 Å². The van der Waals surface area contributed by atoms with Gasteiger partial charge in [0.05, 0.1) is 33.1 Å². The Morgan fingerprint density at radius 1 is 1.26 bits per heavy atom. The molecule has 39 heavy (non-hydrogen) atoms. The first-order valence-corrected chi connectivity index (χ1v) is 14.5. The molecule has 0 spiro atoms. The zero-order chi connectivity index (χ0) is 27.8. The number of esters is 1. The van der Waals surface area contributed by atoms with Gasteiger partial charge in [-0.25, -0.2) is 9.79 Å². The third kappa shape index (κ3) is 5.22. The average Bonchev–Trinajstić information content (AvgIpc) is 3.51. The summed E-state index contributed by atoms with van der Waals surface area (Å²) >= 11 is 6.65. The normalized spacial score (nSPS) is 15.2. The van der Waals surface area contributed by atoms with Crippen LogP contribution in [0.25, 0.3) is 17.4 Å². The molecule has 0 bridgehead atoms. The molecule has 1 N–H and O–H groups in total. The first kappa shape index (κ1) is 27.4. The van der Waals surface area contributed by atoms with Crippen LogP contribution in [-0.4, -0.2) is 29.4 Å². The van der Waals surface area contributed by atoms with Gasteiger partial charge in [-0.05, 0) is 84.5 Å². The van der Waals surface area contributed by atoms with Gasteiger partial charge in [-0.15, -0.1) is 0 Å². The fraction of sp³-hybridized carbons (Fsp3) is 0.179. The number of rotatable bonds is 6. The lowest BCUT2D eigenvalue weighted by Crippen LogP contribution is -2.39. The number of ether oxygens (including phenoxy) is 2. The van der Waals surface area contributed by atoms with Gasteiger partial charge < -0.3 is 19.0 Å². The number of halogens is 2. The highest BCUT2D eigenvalue weighted by Crippen LogP contribution is 2.35. The molecule has 1 aliphatic rings. The minimum absolute atomic E-state index is 0.0332. The molecule has 2 aromatic carbocycles. The fourth-order valence-electron chi connectivity index (χ4n) is 4.31. The van der Waals surface area contributed by atoms with Crippen molar-refractivity contribution >= 4 is 61.9 Å². The lowest BCUT2D eigenvalue weighted by Gasteiger charge is -2.22. The van der Waals surface area contributed by atoms with Gasteiger partial charge in [0, 0.05) is 10.0 Å². The van der Waals surface area contributed by atoms with E-state index < -0.39 is 12.0 Å². The van der Waals surface area contributed by atoms with E-state index in [-0.39, 0.29) is 23.5 Å². The standard InChI is InChI=1S/C28H22BrIN2O6S/c1-4-37-27(35)23-14(2)31-28-32(24(23)20-10-9-19(38-20)16-5-7-17(29)8-6-16)26(34)22(39-28)13-15-11-18(30)25(33)21(12-15)36-3/h5-13,24,33H,4H2,1-3H3/b22-13-/t24-/m1/s1. The summed E-state index contributed by atoms with van der Waals surface area (Å²) in [4.78, 5) is 32.0. The third-order valence-electron chi connectivity index (χ3n) is 6.11. The summed E-state index contributed by atoms with van der Waals surface area (Å²) in [6.07, 6.45) is 1.71. The van der Waals surface area contributed by atoms with Gasteiger partial charge in [0.1, 0.15) is 17.6 Å². The number of hydrogen-bond donors (Lipinski definition) is 1. The fourth-order valence-corrected chi connectivity index (χ4v) is 6.25. The summed E-state index contributed by atoms with van der Waals surface area (Å²) in [7, 11) is 1.47. The van der Waals surface area contributed by atoms with Gasteiger partial charge in [-0.1, -0.05) is 39.4 Å². The number of allylic oxidation sites excluding steroid dienone is 1. The molecule has 0 aliphatic carbocycles. The number of fused-ring (bicyclic) bond motifs is 1. The Kier molecular flexibility index (Phi) is 7.83. The number of benzene rings is 2. The van der Waals surface area contributed by atoms with Crippen molar-refractivity contribution in [2.75, 3.05) is 13.7 Å². The summed E-state index contributed by atoms with van der Waals surface area (Å²) in [5.41, 5.74) is 1.89. The van der Waals surface area contributed by atoms with E-state index in [0.29, 0.717) is 41.4 Å². The Balaban J connectivity index is 1.69. The number of phenolic OH excluding ortho intramolecular Hbond substituents is 1. The Bertz CT molecular complexity index is 1800. The summed E-state index contributed by atoms with van der Waals surface area (Å²) in [5, 5.41) is 10.2. The van der Waals surface area contributed by atoms with Crippen molar-refractivity contribution in [1.29, 1.82) is 0 Å². The third-order valence-corrected chi connectivity index (χ3v) is 8.44. The van der Waals surface area contributed by atoms with Crippen molar-refractivity contribution in [3.63, 3.8) is 0 Å². The van der Waals surface area contributed by atoms with Crippen LogP contribution in [0, 0.1) is 3.57 Å². The van der Waals surface area contributed by atoms with Crippen molar-refractivity contribution in [2.45, 2.75) is 19.9 Å². The zero-order valence-electron chi connectivity index (χ0n) is 21.0. The van der Waals surface area contributed by atoms with E-state index in [2.05, 4.69) is 20.9 Å². The number of furan rings is 1. The van der Waals surface area contributed by atoms with Crippen molar-refractivity contribution < 1.29 is 23.8 Å². The molecule has 4 aromatic rings. The highest BCUT2D eigenvalue weighted by molar-refractivity contribution is 14.1. The van der Waals surface area contributed by atoms with Crippen LogP contribution in [0.2, 0.25) is 0 Å². The molecule has 0 amide bonds. The molecule has 0 saturated carbocycles. The Morgan fingerprint density at radius 2 is 2.00 bits per heavy atom. The minimum atomic E-state index is -0.860. The predicted octanol–water partition coefficient (Wildman–Crippen LogP) is 5.14. The summed E-state index contributed by atoms with van der Waals surface area (Å²) < 4.78 is 20.3. The second-order valence-corrected chi connectivity index (χ2v) is 11.7. The number of hydrogen-bond acceptors (Lipinski definition) is 8. The van der Waals surface area contributed by atoms with Crippen molar-refractivity contribution in [3.05, 3.63) is 98.9 Å². The minimum Gasteiger partial charge on any atom is -0.504 e. The van der Waals surface area contributed by atoms with Crippen LogP contribution >= 0.6 is 49.9 Å². The molecular weight excluding hydrogens is 699 g/mol. The molecule has 1 atom stereocenters. The van der Waals surface area contributed by atoms with Crippen LogP contribution in [0.4, 0.5) is 0 Å². The molecule has 1 aliphatic heterocycles.